The summed E-state index contributed by atoms with van der Waals surface area (Å²) in [6, 6.07) is 0.565. The number of amides is 1. The average molecular weight is 266 g/mol. The van der Waals surface area contributed by atoms with Gasteiger partial charge in [0.25, 0.3) is 0 Å². The van der Waals surface area contributed by atoms with Crippen molar-refractivity contribution in [3.8, 4) is 0 Å². The van der Waals surface area contributed by atoms with Crippen LogP contribution in [0, 0.1) is 11.8 Å². The smallest absolute Gasteiger partial charge is 0.236 e. The van der Waals surface area contributed by atoms with Gasteiger partial charge in [-0.2, -0.15) is 0 Å². The van der Waals surface area contributed by atoms with Crippen molar-refractivity contribution in [1.82, 2.24) is 10.2 Å². The lowest BCUT2D eigenvalue weighted by Crippen LogP contribution is -2.45. The van der Waals surface area contributed by atoms with Crippen LogP contribution in [-0.4, -0.2) is 36.5 Å². The fraction of sp³-hybridized carbons (Fsp3) is 0.938. The van der Waals surface area contributed by atoms with Gasteiger partial charge in [0.1, 0.15) is 0 Å². The molecule has 1 saturated heterocycles. The van der Waals surface area contributed by atoms with Crippen molar-refractivity contribution in [2.45, 2.75) is 64.8 Å². The van der Waals surface area contributed by atoms with Gasteiger partial charge >= 0.3 is 0 Å². The summed E-state index contributed by atoms with van der Waals surface area (Å²) in [5, 5.41) is 3.51. The standard InChI is InChI=1S/C16H30N2O/c1-13(2)14-7-6-8-15(11-14)17-12-16(19)18-9-4-3-5-10-18/h13-15,17H,3-12H2,1-2H3. The Kier molecular flexibility index (Phi) is 5.68. The van der Waals surface area contributed by atoms with Gasteiger partial charge < -0.3 is 10.2 Å². The third-order valence-electron chi connectivity index (χ3n) is 4.91. The molecule has 0 aromatic carbocycles. The molecule has 1 heterocycles. The van der Waals surface area contributed by atoms with E-state index in [4.69, 9.17) is 0 Å². The SMILES string of the molecule is CC(C)C1CCCC(NCC(=O)N2CCCCC2)C1. The van der Waals surface area contributed by atoms with E-state index in [1.807, 2.05) is 4.90 Å². The van der Waals surface area contributed by atoms with E-state index in [0.717, 1.165) is 24.9 Å². The van der Waals surface area contributed by atoms with E-state index in [1.54, 1.807) is 0 Å². The second-order valence-corrected chi connectivity index (χ2v) is 6.69. The Balaban J connectivity index is 1.70. The molecule has 1 N–H and O–H groups in total. The first-order valence-electron chi connectivity index (χ1n) is 8.18. The van der Waals surface area contributed by atoms with Crippen molar-refractivity contribution >= 4 is 5.91 Å². The van der Waals surface area contributed by atoms with Crippen LogP contribution in [0.3, 0.4) is 0 Å². The van der Waals surface area contributed by atoms with E-state index in [2.05, 4.69) is 19.2 Å². The Morgan fingerprint density at radius 2 is 1.89 bits per heavy atom. The molecule has 3 heteroatoms. The topological polar surface area (TPSA) is 32.3 Å². The van der Waals surface area contributed by atoms with Crippen LogP contribution in [0.5, 0.6) is 0 Å². The second-order valence-electron chi connectivity index (χ2n) is 6.69. The number of likely N-dealkylation sites (tertiary alicyclic amines) is 1. The summed E-state index contributed by atoms with van der Waals surface area (Å²) in [7, 11) is 0. The maximum atomic E-state index is 12.1. The van der Waals surface area contributed by atoms with Gasteiger partial charge in [-0.15, -0.1) is 0 Å². The Morgan fingerprint density at radius 3 is 2.58 bits per heavy atom. The number of hydrogen-bond donors (Lipinski definition) is 1. The number of rotatable bonds is 4. The summed E-state index contributed by atoms with van der Waals surface area (Å²) in [6.45, 7) is 7.15. The predicted octanol–water partition coefficient (Wildman–Crippen LogP) is 2.80. The number of nitrogens with zero attached hydrogens (tertiary/aromatic N) is 1. The van der Waals surface area contributed by atoms with Gasteiger partial charge in [0.05, 0.1) is 6.54 Å². The van der Waals surface area contributed by atoms with Gasteiger partial charge in [0.2, 0.25) is 5.91 Å². The van der Waals surface area contributed by atoms with Crippen molar-refractivity contribution in [3.05, 3.63) is 0 Å². The monoisotopic (exact) mass is 266 g/mol. The summed E-state index contributed by atoms with van der Waals surface area (Å²) in [5.41, 5.74) is 0. The van der Waals surface area contributed by atoms with Crippen molar-refractivity contribution in [1.29, 1.82) is 0 Å². The Labute approximate surface area is 118 Å². The van der Waals surface area contributed by atoms with Crippen LogP contribution in [0.15, 0.2) is 0 Å². The highest BCUT2D eigenvalue weighted by Crippen LogP contribution is 2.29. The Bertz CT molecular complexity index is 284. The molecular formula is C16H30N2O. The van der Waals surface area contributed by atoms with Crippen LogP contribution in [0.1, 0.15) is 58.8 Å². The maximum absolute atomic E-state index is 12.1. The third-order valence-corrected chi connectivity index (χ3v) is 4.91. The molecule has 2 unspecified atom stereocenters. The van der Waals surface area contributed by atoms with E-state index in [0.29, 0.717) is 18.5 Å². The molecule has 0 spiro atoms. The molecule has 0 aromatic rings. The molecule has 0 bridgehead atoms. The maximum Gasteiger partial charge on any atom is 0.236 e. The van der Waals surface area contributed by atoms with E-state index < -0.39 is 0 Å². The van der Waals surface area contributed by atoms with E-state index in [9.17, 15) is 4.79 Å². The van der Waals surface area contributed by atoms with Gasteiger partial charge in [-0.3, -0.25) is 4.79 Å². The summed E-state index contributed by atoms with van der Waals surface area (Å²) in [4.78, 5) is 14.2. The van der Waals surface area contributed by atoms with Gasteiger partial charge in [-0.05, 0) is 43.9 Å². The van der Waals surface area contributed by atoms with Crippen molar-refractivity contribution in [2.24, 2.45) is 11.8 Å². The zero-order valence-electron chi connectivity index (χ0n) is 12.7. The molecule has 1 aliphatic carbocycles. The van der Waals surface area contributed by atoms with Gasteiger partial charge in [-0.1, -0.05) is 26.7 Å². The second kappa shape index (κ2) is 7.28. The normalized spacial score (nSPS) is 28.7. The average Bonchev–Trinajstić information content (AvgIpc) is 2.46. The molecule has 3 nitrogen and oxygen atoms in total. The summed E-state index contributed by atoms with van der Waals surface area (Å²) in [6.07, 6.45) is 8.85. The molecule has 2 atom stereocenters. The molecule has 2 fully saturated rings. The van der Waals surface area contributed by atoms with Gasteiger partial charge in [0.15, 0.2) is 0 Å². The molecule has 2 rings (SSSR count). The van der Waals surface area contributed by atoms with Crippen molar-refractivity contribution < 1.29 is 4.79 Å². The molecule has 1 saturated carbocycles. The summed E-state index contributed by atoms with van der Waals surface area (Å²) in [5.74, 6) is 1.94. The van der Waals surface area contributed by atoms with Crippen LogP contribution in [0.2, 0.25) is 0 Å². The van der Waals surface area contributed by atoms with Crippen LogP contribution in [0.4, 0.5) is 0 Å². The molecule has 110 valence electrons. The predicted molar refractivity (Wildman–Crippen MR) is 79.0 cm³/mol. The van der Waals surface area contributed by atoms with Crippen molar-refractivity contribution in [2.75, 3.05) is 19.6 Å². The quantitative estimate of drug-likeness (QED) is 0.848. The number of nitrogens with one attached hydrogen (secondary N) is 1. The molecule has 1 aliphatic heterocycles. The summed E-state index contributed by atoms with van der Waals surface area (Å²) >= 11 is 0. The first-order chi connectivity index (χ1) is 9.16. The highest BCUT2D eigenvalue weighted by molar-refractivity contribution is 5.78. The minimum absolute atomic E-state index is 0.311. The highest BCUT2D eigenvalue weighted by Gasteiger charge is 2.25. The molecule has 1 amide bonds. The van der Waals surface area contributed by atoms with Crippen molar-refractivity contribution in [3.63, 3.8) is 0 Å². The lowest BCUT2D eigenvalue weighted by Gasteiger charge is -2.33. The fourth-order valence-corrected chi connectivity index (χ4v) is 3.51. The molecule has 0 aromatic heterocycles. The van der Waals surface area contributed by atoms with Crippen LogP contribution >= 0.6 is 0 Å². The number of hydrogen-bond acceptors (Lipinski definition) is 2. The number of carbonyl (C=O) groups is 1. The number of piperidine rings is 1. The summed E-state index contributed by atoms with van der Waals surface area (Å²) < 4.78 is 0. The minimum Gasteiger partial charge on any atom is -0.342 e. The first-order valence-corrected chi connectivity index (χ1v) is 8.18. The molecular weight excluding hydrogens is 236 g/mol. The highest BCUT2D eigenvalue weighted by atomic mass is 16.2. The largest absolute Gasteiger partial charge is 0.342 e. The number of carbonyl (C=O) groups excluding carboxylic acids is 1. The van der Waals surface area contributed by atoms with Gasteiger partial charge in [-0.25, -0.2) is 0 Å². The third kappa shape index (κ3) is 4.48. The zero-order chi connectivity index (χ0) is 13.7. The lowest BCUT2D eigenvalue weighted by atomic mass is 9.79. The minimum atomic E-state index is 0.311. The zero-order valence-corrected chi connectivity index (χ0v) is 12.7. The van der Waals surface area contributed by atoms with E-state index >= 15 is 0 Å². The molecule has 0 radical (unpaired) electrons. The Hall–Kier alpha value is -0.570. The van der Waals surface area contributed by atoms with Crippen LogP contribution in [-0.2, 0) is 4.79 Å². The van der Waals surface area contributed by atoms with Gasteiger partial charge in [0, 0.05) is 19.1 Å². The van der Waals surface area contributed by atoms with Crippen LogP contribution < -0.4 is 5.32 Å². The Morgan fingerprint density at radius 1 is 1.16 bits per heavy atom. The molecule has 2 aliphatic rings. The van der Waals surface area contributed by atoms with E-state index in [-0.39, 0.29) is 0 Å². The van der Waals surface area contributed by atoms with Crippen LogP contribution in [0.25, 0.3) is 0 Å². The van der Waals surface area contributed by atoms with E-state index in [1.165, 1.54) is 44.9 Å². The lowest BCUT2D eigenvalue weighted by molar-refractivity contribution is -0.131. The molecule has 19 heavy (non-hydrogen) atoms. The fourth-order valence-electron chi connectivity index (χ4n) is 3.51. The first kappa shape index (κ1) is 14.8.